The number of benzene rings is 3. The van der Waals surface area contributed by atoms with Crippen molar-refractivity contribution in [3.05, 3.63) is 71.9 Å². The zero-order valence-electron chi connectivity index (χ0n) is 19.2. The third kappa shape index (κ3) is 5.12. The lowest BCUT2D eigenvalue weighted by Gasteiger charge is -2.18. The molecular weight excluding hydrogens is 470 g/mol. The van der Waals surface area contributed by atoms with Crippen molar-refractivity contribution >= 4 is 40.1 Å². The molecule has 0 aliphatic heterocycles. The number of imide groups is 1. The molecule has 3 aromatic rings. The van der Waals surface area contributed by atoms with Gasteiger partial charge in [-0.2, -0.15) is 0 Å². The molecule has 0 saturated carbocycles. The van der Waals surface area contributed by atoms with Gasteiger partial charge >= 0.3 is 6.03 Å². The Hall–Kier alpha value is -4.30. The number of ether oxygens (including phenoxy) is 3. The number of pyridine rings is 1. The highest BCUT2D eigenvalue weighted by Gasteiger charge is 2.19. The second-order valence-electron chi connectivity index (χ2n) is 7.52. The van der Waals surface area contributed by atoms with Crippen molar-refractivity contribution in [3.63, 3.8) is 0 Å². The molecule has 5 rings (SSSR count). The Morgan fingerprint density at radius 2 is 1.57 bits per heavy atom. The van der Waals surface area contributed by atoms with E-state index < -0.39 is 11.9 Å². The Labute approximate surface area is 206 Å². The first-order valence-electron chi connectivity index (χ1n) is 10.5. The minimum Gasteiger partial charge on any atom is -0.493 e. The smallest absolute Gasteiger partial charge is 0.326 e. The van der Waals surface area contributed by atoms with E-state index in [0.29, 0.717) is 33.9 Å². The topological polar surface area (TPSA) is 104 Å². The van der Waals surface area contributed by atoms with Crippen LogP contribution in [0.1, 0.15) is 6.92 Å². The molecule has 0 spiro atoms. The van der Waals surface area contributed by atoms with Gasteiger partial charge in [-0.15, -0.1) is 0 Å². The van der Waals surface area contributed by atoms with Gasteiger partial charge in [-0.3, -0.25) is 9.78 Å². The van der Waals surface area contributed by atoms with Gasteiger partial charge in [-0.25, -0.2) is 9.69 Å². The average molecular weight is 492 g/mol. The summed E-state index contributed by atoms with van der Waals surface area (Å²) in [5.41, 5.74) is 9.00. The summed E-state index contributed by atoms with van der Waals surface area (Å²) in [5, 5.41) is 0.883. The fraction of sp³-hybridized carbons (Fsp3) is 0.115. The number of nitrogens with two attached hydrogens (primary N) is 1. The van der Waals surface area contributed by atoms with Gasteiger partial charge in [0.1, 0.15) is 11.5 Å². The number of fused-ring (bicyclic) bond motifs is 2. The molecule has 2 aliphatic carbocycles. The number of rotatable bonds is 5. The first-order valence-corrected chi connectivity index (χ1v) is 10.9. The van der Waals surface area contributed by atoms with Crippen LogP contribution in [-0.4, -0.2) is 31.1 Å². The zero-order chi connectivity index (χ0) is 25.1. The van der Waals surface area contributed by atoms with Crippen LogP contribution in [0.5, 0.6) is 23.0 Å². The van der Waals surface area contributed by atoms with Crippen LogP contribution in [0.2, 0.25) is 5.02 Å². The van der Waals surface area contributed by atoms with Crippen molar-refractivity contribution in [2.24, 2.45) is 5.73 Å². The van der Waals surface area contributed by atoms with Crippen LogP contribution in [0.15, 0.2) is 66.9 Å². The molecule has 2 aliphatic rings. The zero-order valence-corrected chi connectivity index (χ0v) is 20.0. The van der Waals surface area contributed by atoms with E-state index in [1.54, 1.807) is 37.6 Å². The molecule has 0 unspecified atom stereocenters. The van der Waals surface area contributed by atoms with Crippen molar-refractivity contribution < 1.29 is 23.8 Å². The van der Waals surface area contributed by atoms with Crippen LogP contribution in [0.3, 0.4) is 0 Å². The van der Waals surface area contributed by atoms with Crippen molar-refractivity contribution in [3.8, 4) is 34.1 Å². The Balaban J connectivity index is 0.000000411. The van der Waals surface area contributed by atoms with Crippen LogP contribution in [0, 0.1) is 0 Å². The second kappa shape index (κ2) is 9.90. The molecular formula is C26H22ClN3O5. The number of halogens is 1. The Kier molecular flexibility index (Phi) is 6.75. The maximum absolute atomic E-state index is 11.7. The van der Waals surface area contributed by atoms with Crippen molar-refractivity contribution in [2.75, 3.05) is 19.1 Å². The summed E-state index contributed by atoms with van der Waals surface area (Å²) in [7, 11) is 3.08. The largest absolute Gasteiger partial charge is 0.493 e. The first-order chi connectivity index (χ1) is 16.8. The van der Waals surface area contributed by atoms with Gasteiger partial charge in [0.2, 0.25) is 5.91 Å². The first kappa shape index (κ1) is 23.8. The molecule has 1 aromatic heterocycles. The minimum atomic E-state index is -0.900. The van der Waals surface area contributed by atoms with Crippen LogP contribution in [-0.2, 0) is 4.79 Å². The SMILES string of the molecule is COc1cc2nccc(Oc3ccc(N(C(C)=O)C(N)=O)cc3Cl)c2cc1OC.c1cc2cc-2c1. The number of amides is 3. The number of hydrogen-bond acceptors (Lipinski definition) is 6. The molecule has 0 atom stereocenters. The molecule has 0 fully saturated rings. The standard InChI is InChI=1S/C20H18ClN3O5.C6H4/c1-11(25)24(20(22)26)12-4-5-17(14(21)8-12)29-16-6-7-23-15-10-19(28-3)18(27-2)9-13(15)16;1-2-5-4-6(5)3-1/h4-10H,1-3H3,(H2,22,26);1-4H. The number of urea groups is 1. The molecule has 0 bridgehead atoms. The van der Waals surface area contributed by atoms with Gasteiger partial charge < -0.3 is 19.9 Å². The minimum absolute atomic E-state index is 0.195. The highest BCUT2D eigenvalue weighted by atomic mass is 35.5. The summed E-state index contributed by atoms with van der Waals surface area (Å²) in [6, 6.07) is 17.2. The summed E-state index contributed by atoms with van der Waals surface area (Å²) in [6.07, 6.45) is 1.59. The number of carbonyl (C=O) groups is 2. The van der Waals surface area contributed by atoms with Gasteiger partial charge in [0, 0.05) is 24.6 Å². The lowest BCUT2D eigenvalue weighted by Crippen LogP contribution is -2.39. The molecule has 2 aromatic carbocycles. The van der Waals surface area contributed by atoms with Gasteiger partial charge in [-0.05, 0) is 47.5 Å². The van der Waals surface area contributed by atoms with Gasteiger partial charge in [-0.1, -0.05) is 29.8 Å². The molecule has 35 heavy (non-hydrogen) atoms. The Morgan fingerprint density at radius 3 is 2.09 bits per heavy atom. The van der Waals surface area contributed by atoms with E-state index in [1.807, 2.05) is 0 Å². The molecule has 178 valence electrons. The van der Waals surface area contributed by atoms with E-state index in [-0.39, 0.29) is 10.7 Å². The molecule has 3 amide bonds. The summed E-state index contributed by atoms with van der Waals surface area (Å²) < 4.78 is 16.6. The monoisotopic (exact) mass is 491 g/mol. The number of aromatic nitrogens is 1. The summed E-state index contributed by atoms with van der Waals surface area (Å²) in [4.78, 5) is 28.3. The maximum Gasteiger partial charge on any atom is 0.326 e. The quantitative estimate of drug-likeness (QED) is 0.333. The summed E-state index contributed by atoms with van der Waals surface area (Å²) in [5.74, 6) is 1.36. The normalized spacial score (nSPS) is 10.6. The number of hydrogen-bond donors (Lipinski definition) is 1. The lowest BCUT2D eigenvalue weighted by atomic mass is 10.2. The van der Waals surface area contributed by atoms with Crippen molar-refractivity contribution in [1.82, 2.24) is 4.98 Å². The van der Waals surface area contributed by atoms with E-state index >= 15 is 0 Å². The molecule has 1 heterocycles. The number of anilines is 1. The number of primary amides is 1. The predicted octanol–water partition coefficient (Wildman–Crippen LogP) is 5.80. The predicted molar refractivity (Wildman–Crippen MR) is 135 cm³/mol. The molecule has 8 nitrogen and oxygen atoms in total. The average Bonchev–Trinajstić information content (AvgIpc) is 3.44. The van der Waals surface area contributed by atoms with E-state index in [0.717, 1.165) is 4.90 Å². The summed E-state index contributed by atoms with van der Waals surface area (Å²) >= 11 is 6.31. The van der Waals surface area contributed by atoms with Crippen molar-refractivity contribution in [2.45, 2.75) is 6.92 Å². The van der Waals surface area contributed by atoms with Crippen molar-refractivity contribution in [1.29, 1.82) is 0 Å². The molecule has 0 saturated heterocycles. The van der Waals surface area contributed by atoms with Crippen LogP contribution < -0.4 is 24.8 Å². The molecule has 9 heteroatoms. The van der Waals surface area contributed by atoms with E-state index in [9.17, 15) is 9.59 Å². The summed E-state index contributed by atoms with van der Waals surface area (Å²) in [6.45, 7) is 1.23. The van der Waals surface area contributed by atoms with Crippen LogP contribution in [0.25, 0.3) is 22.0 Å². The Morgan fingerprint density at radius 1 is 0.886 bits per heavy atom. The fourth-order valence-electron chi connectivity index (χ4n) is 3.51. The molecule has 2 N–H and O–H groups in total. The highest BCUT2D eigenvalue weighted by Crippen LogP contribution is 2.39. The lowest BCUT2D eigenvalue weighted by molar-refractivity contribution is -0.115. The maximum atomic E-state index is 11.7. The Bertz CT molecular complexity index is 1410. The molecule has 0 radical (unpaired) electrons. The van der Waals surface area contributed by atoms with Gasteiger partial charge in [0.05, 0.1) is 30.4 Å². The third-order valence-corrected chi connectivity index (χ3v) is 5.54. The number of nitrogens with zero attached hydrogens (tertiary/aromatic N) is 2. The number of carbonyl (C=O) groups excluding carboxylic acids is 2. The second-order valence-corrected chi connectivity index (χ2v) is 7.93. The van der Waals surface area contributed by atoms with E-state index in [2.05, 4.69) is 29.2 Å². The van der Waals surface area contributed by atoms with E-state index in [4.69, 9.17) is 31.5 Å². The fourth-order valence-corrected chi connectivity index (χ4v) is 3.72. The van der Waals surface area contributed by atoms with Crippen LogP contribution in [0.4, 0.5) is 10.5 Å². The third-order valence-electron chi connectivity index (χ3n) is 5.25. The van der Waals surface area contributed by atoms with Gasteiger partial charge in [0.25, 0.3) is 0 Å². The van der Waals surface area contributed by atoms with Gasteiger partial charge in [0.15, 0.2) is 11.5 Å². The number of methoxy groups -OCH3 is 2. The highest BCUT2D eigenvalue weighted by molar-refractivity contribution is 6.32. The van der Waals surface area contributed by atoms with E-state index in [1.165, 1.54) is 37.3 Å². The van der Waals surface area contributed by atoms with Crippen LogP contribution >= 0.6 is 11.6 Å².